The summed E-state index contributed by atoms with van der Waals surface area (Å²) in [4.78, 5) is 0. The van der Waals surface area contributed by atoms with E-state index in [1.165, 1.54) is 0 Å². The molecule has 0 saturated carbocycles. The van der Waals surface area contributed by atoms with Crippen molar-refractivity contribution in [3.63, 3.8) is 0 Å². The van der Waals surface area contributed by atoms with Gasteiger partial charge in [0.1, 0.15) is 0 Å². The van der Waals surface area contributed by atoms with E-state index in [1.54, 1.807) is 0 Å². The molecule has 0 aliphatic carbocycles. The predicted molar refractivity (Wildman–Crippen MR) is 33.8 cm³/mol. The molecule has 0 spiro atoms. The van der Waals surface area contributed by atoms with Crippen LogP contribution in [0.5, 0.6) is 0 Å². The molecular formula is C6H12N2O. The molecule has 0 aromatic heterocycles. The van der Waals surface area contributed by atoms with Crippen molar-refractivity contribution in [1.29, 1.82) is 0 Å². The molecule has 0 aromatic rings. The highest BCUT2D eigenvalue weighted by atomic mass is 16.5. The van der Waals surface area contributed by atoms with Gasteiger partial charge >= 0.3 is 0 Å². The van der Waals surface area contributed by atoms with Crippen LogP contribution in [0.2, 0.25) is 0 Å². The Balaban J connectivity index is 2.13. The molecule has 0 aromatic carbocycles. The van der Waals surface area contributed by atoms with Crippen molar-refractivity contribution in [2.45, 2.75) is 37.1 Å². The second-order valence-corrected chi connectivity index (χ2v) is 3.02. The average Bonchev–Trinajstić information content (AvgIpc) is 2.22. The lowest BCUT2D eigenvalue weighted by molar-refractivity contribution is 0.0968. The summed E-state index contributed by atoms with van der Waals surface area (Å²) in [6, 6.07) is 0.414. The monoisotopic (exact) mass is 128 g/mol. The Bertz CT molecular complexity index is 116. The third kappa shape index (κ3) is 0.689. The molecule has 2 bridgehead atoms. The first-order valence-corrected chi connectivity index (χ1v) is 3.44. The van der Waals surface area contributed by atoms with Crippen LogP contribution in [0.4, 0.5) is 0 Å². The maximum atomic E-state index is 5.71. The maximum Gasteiger partial charge on any atom is 0.0882 e. The lowest BCUT2D eigenvalue weighted by Crippen LogP contribution is -2.44. The Kier molecular flexibility index (Phi) is 1.06. The molecule has 52 valence electrons. The fraction of sp³-hybridized carbons (Fsp3) is 1.00. The fourth-order valence-electron chi connectivity index (χ4n) is 1.82. The van der Waals surface area contributed by atoms with E-state index < -0.39 is 0 Å². The molecular weight excluding hydrogens is 116 g/mol. The molecule has 0 amide bonds. The third-order valence-corrected chi connectivity index (χ3v) is 2.26. The van der Waals surface area contributed by atoms with Crippen LogP contribution < -0.4 is 11.5 Å². The van der Waals surface area contributed by atoms with Crippen LogP contribution in [0.1, 0.15) is 12.8 Å². The van der Waals surface area contributed by atoms with E-state index in [2.05, 4.69) is 0 Å². The van der Waals surface area contributed by atoms with Crippen molar-refractivity contribution in [3.8, 4) is 0 Å². The highest BCUT2D eigenvalue weighted by Gasteiger charge is 2.44. The second-order valence-electron chi connectivity index (χ2n) is 3.02. The second kappa shape index (κ2) is 1.68. The fourth-order valence-corrected chi connectivity index (χ4v) is 1.82. The van der Waals surface area contributed by atoms with Crippen molar-refractivity contribution in [2.75, 3.05) is 0 Å². The lowest BCUT2D eigenvalue weighted by Gasteiger charge is -2.19. The molecule has 2 fully saturated rings. The van der Waals surface area contributed by atoms with E-state index in [4.69, 9.17) is 16.2 Å². The molecule has 2 heterocycles. The maximum absolute atomic E-state index is 5.71. The SMILES string of the molecule is NC1CC2CC(N)C1O2. The van der Waals surface area contributed by atoms with E-state index in [-0.39, 0.29) is 18.2 Å². The Morgan fingerprint density at radius 3 is 1.89 bits per heavy atom. The van der Waals surface area contributed by atoms with Gasteiger partial charge in [-0.2, -0.15) is 0 Å². The van der Waals surface area contributed by atoms with Crippen LogP contribution in [0, 0.1) is 0 Å². The Hall–Kier alpha value is -0.120. The van der Waals surface area contributed by atoms with E-state index in [0.29, 0.717) is 6.10 Å². The smallest absolute Gasteiger partial charge is 0.0882 e. The van der Waals surface area contributed by atoms with E-state index in [1.807, 2.05) is 0 Å². The molecule has 2 saturated heterocycles. The highest BCUT2D eigenvalue weighted by Crippen LogP contribution is 2.32. The summed E-state index contributed by atoms with van der Waals surface area (Å²) in [5.41, 5.74) is 11.4. The van der Waals surface area contributed by atoms with Crippen molar-refractivity contribution >= 4 is 0 Å². The van der Waals surface area contributed by atoms with Crippen LogP contribution in [0.3, 0.4) is 0 Å². The first kappa shape index (κ1) is 5.65. The number of rotatable bonds is 0. The summed E-state index contributed by atoms with van der Waals surface area (Å²) in [5, 5.41) is 0. The van der Waals surface area contributed by atoms with Crippen molar-refractivity contribution in [2.24, 2.45) is 11.5 Å². The largest absolute Gasteiger partial charge is 0.372 e. The van der Waals surface area contributed by atoms with Gasteiger partial charge in [0, 0.05) is 12.1 Å². The molecule has 3 nitrogen and oxygen atoms in total. The zero-order valence-corrected chi connectivity index (χ0v) is 5.29. The van der Waals surface area contributed by atoms with Gasteiger partial charge in [-0.25, -0.2) is 0 Å². The molecule has 2 aliphatic heterocycles. The number of fused-ring (bicyclic) bond motifs is 2. The molecule has 0 radical (unpaired) electrons. The van der Waals surface area contributed by atoms with Crippen LogP contribution >= 0.6 is 0 Å². The third-order valence-electron chi connectivity index (χ3n) is 2.26. The molecule has 2 atom stereocenters. The summed E-state index contributed by atoms with van der Waals surface area (Å²) in [7, 11) is 0. The number of hydrogen-bond donors (Lipinski definition) is 2. The molecule has 3 heteroatoms. The van der Waals surface area contributed by atoms with Crippen molar-refractivity contribution < 1.29 is 4.74 Å². The quantitative estimate of drug-likeness (QED) is 0.449. The zero-order valence-electron chi connectivity index (χ0n) is 5.29. The van der Waals surface area contributed by atoms with Crippen LogP contribution in [-0.2, 0) is 4.74 Å². The Labute approximate surface area is 54.3 Å². The van der Waals surface area contributed by atoms with E-state index in [9.17, 15) is 0 Å². The van der Waals surface area contributed by atoms with Crippen molar-refractivity contribution in [3.05, 3.63) is 0 Å². The summed E-state index contributed by atoms with van der Waals surface area (Å²) in [6.45, 7) is 0. The highest BCUT2D eigenvalue weighted by molar-refractivity contribution is 4.99. The Morgan fingerprint density at radius 2 is 1.67 bits per heavy atom. The van der Waals surface area contributed by atoms with E-state index >= 15 is 0 Å². The molecule has 2 rings (SSSR count). The first-order chi connectivity index (χ1) is 4.27. The summed E-state index contributed by atoms with van der Waals surface area (Å²) < 4.78 is 5.45. The van der Waals surface area contributed by atoms with Gasteiger partial charge in [0.05, 0.1) is 12.2 Å². The van der Waals surface area contributed by atoms with Crippen molar-refractivity contribution in [1.82, 2.24) is 0 Å². The van der Waals surface area contributed by atoms with Crippen LogP contribution in [0.25, 0.3) is 0 Å². The molecule has 2 aliphatic rings. The summed E-state index contributed by atoms with van der Waals surface area (Å²) in [5.74, 6) is 0. The summed E-state index contributed by atoms with van der Waals surface area (Å²) >= 11 is 0. The molecule has 2 unspecified atom stereocenters. The summed E-state index contributed by atoms with van der Waals surface area (Å²) in [6.07, 6.45) is 2.56. The van der Waals surface area contributed by atoms with Gasteiger partial charge in [-0.1, -0.05) is 0 Å². The predicted octanol–water partition coefficient (Wildman–Crippen LogP) is -0.798. The van der Waals surface area contributed by atoms with Gasteiger partial charge in [0.2, 0.25) is 0 Å². The average molecular weight is 128 g/mol. The molecule has 9 heavy (non-hydrogen) atoms. The normalized spacial score (nSPS) is 56.7. The standard InChI is InChI=1S/C6H12N2O/c7-4-1-3-2-5(8)6(4)9-3/h3-6H,1-2,7-8H2. The minimum Gasteiger partial charge on any atom is -0.372 e. The van der Waals surface area contributed by atoms with Gasteiger partial charge in [-0.05, 0) is 12.8 Å². The van der Waals surface area contributed by atoms with Gasteiger partial charge in [-0.15, -0.1) is 0 Å². The zero-order chi connectivity index (χ0) is 6.43. The lowest BCUT2D eigenvalue weighted by atomic mass is 9.92. The van der Waals surface area contributed by atoms with E-state index in [0.717, 1.165) is 12.8 Å². The number of hydrogen-bond acceptors (Lipinski definition) is 3. The van der Waals surface area contributed by atoms with Gasteiger partial charge in [0.15, 0.2) is 0 Å². The van der Waals surface area contributed by atoms with Gasteiger partial charge in [-0.3, -0.25) is 0 Å². The number of ether oxygens (including phenoxy) is 1. The van der Waals surface area contributed by atoms with Crippen LogP contribution in [0.15, 0.2) is 0 Å². The number of nitrogens with two attached hydrogens (primary N) is 2. The van der Waals surface area contributed by atoms with Gasteiger partial charge < -0.3 is 16.2 Å². The topological polar surface area (TPSA) is 61.3 Å². The minimum atomic E-state index is 0.162. The van der Waals surface area contributed by atoms with Gasteiger partial charge in [0.25, 0.3) is 0 Å². The van der Waals surface area contributed by atoms with Crippen LogP contribution in [-0.4, -0.2) is 24.3 Å². The minimum absolute atomic E-state index is 0.162. The Morgan fingerprint density at radius 1 is 1.11 bits per heavy atom. The first-order valence-electron chi connectivity index (χ1n) is 3.44. The molecule has 4 N–H and O–H groups in total.